The first-order valence-electron chi connectivity index (χ1n) is 45.8. The molecule has 1 atom stereocenters. The number of tetrazole rings is 1. The van der Waals surface area contributed by atoms with Crippen LogP contribution in [0.1, 0.15) is 249 Å². The number of nitrogens with two attached hydrogens (primary N) is 1. The maximum Gasteiger partial charge on any atom is 0.416 e. The molecule has 700 valence electrons. The van der Waals surface area contributed by atoms with Gasteiger partial charge in [-0.2, -0.15) is 18.4 Å². The van der Waals surface area contributed by atoms with Crippen LogP contribution in [-0.4, -0.2) is 192 Å². The van der Waals surface area contributed by atoms with Crippen molar-refractivity contribution in [3.05, 3.63) is 243 Å². The lowest BCUT2D eigenvalue weighted by atomic mass is 9.85. The minimum Gasteiger partial charge on any atom is -0.490 e. The van der Waals surface area contributed by atoms with Crippen molar-refractivity contribution in [2.75, 3.05) is 122 Å². The molecule has 4 saturated heterocycles. The van der Waals surface area contributed by atoms with Gasteiger partial charge in [0.05, 0.1) is 25.6 Å². The number of carbonyl (C=O) groups excluding carboxylic acids is 2. The molecule has 5 fully saturated rings. The zero-order chi connectivity index (χ0) is 94.7. The SMILES string of the molecule is CC(C)(C)c1cc(F)cc(Cn2ccnc2)c1.CC(C)(C)c1ccc(N2CCN(CCP(C)(C)=O)CC2)cc1.CC(C)(C)c1ccc(N2CCNCC2=O)cc1.CC(C)(C)c1cccc(-c2nn[nH]n2)c1.CC(C)(C)c1cccc(C(N)=O)c1.CN(C)[C@@H]1CCN(Cc2cc(C(C)(C)C)cc(C(F)(F)F)c2)C1.Cc1cc(C(C)(C)C)ccc1OC1CCN(C2CC2)CC1. The quantitative estimate of drug-likeness (QED) is 0.0649. The monoisotopic (exact) mass is 1780 g/mol. The van der Waals surface area contributed by atoms with E-state index in [4.69, 9.17) is 10.5 Å². The highest BCUT2D eigenvalue weighted by Gasteiger charge is 2.35. The van der Waals surface area contributed by atoms with Crippen LogP contribution in [0.4, 0.5) is 28.9 Å². The molecule has 0 unspecified atom stereocenters. The number of H-pyrrole nitrogens is 1. The molecule has 4 N–H and O–H groups in total. The number of aromatic nitrogens is 6. The molecule has 4 aliphatic heterocycles. The number of anilines is 2. The molecule has 0 radical (unpaired) electrons. The molecular weight excluding hydrogens is 1630 g/mol. The number of piperidine rings is 1. The van der Waals surface area contributed by atoms with Crippen LogP contribution in [-0.2, 0) is 66.5 Å². The molecule has 128 heavy (non-hydrogen) atoms. The third-order valence-electron chi connectivity index (χ3n) is 24.1. The second kappa shape index (κ2) is 44.8. The Labute approximate surface area is 765 Å². The van der Waals surface area contributed by atoms with E-state index in [1.165, 1.54) is 84.4 Å². The average Bonchev–Trinajstić information content (AvgIpc) is 1.72. The zero-order valence-electron chi connectivity index (χ0n) is 82.1. The number of hydrogen-bond donors (Lipinski definition) is 3. The van der Waals surface area contributed by atoms with Gasteiger partial charge in [-0.3, -0.25) is 19.4 Å². The molecule has 5 aliphatic rings. The largest absolute Gasteiger partial charge is 0.490 e. The number of carbonyl (C=O) groups is 2. The number of aromatic amines is 1. The number of nitrogens with zero attached hydrogens (tertiary/aromatic N) is 11. The second-order valence-electron chi connectivity index (χ2n) is 43.2. The summed E-state index contributed by atoms with van der Waals surface area (Å²) in [7, 11) is 2.22. The maximum atomic E-state index is 13.6. The Hall–Kier alpha value is -8.89. The lowest BCUT2D eigenvalue weighted by Gasteiger charge is -2.36. The van der Waals surface area contributed by atoms with E-state index in [2.05, 4.69) is 274 Å². The number of rotatable bonds is 15. The number of imidazole rings is 1. The number of alkyl halides is 3. The fourth-order valence-electron chi connectivity index (χ4n) is 15.4. The number of nitrogens with one attached hydrogen (secondary N) is 2. The summed E-state index contributed by atoms with van der Waals surface area (Å²) < 4.78 is 73.2. The standard InChI is InChI=1S/C19H29NO.C18H27F3N2.C18H31N2OP.C14H17FN2.C14H20N2O.C11H14N4.C11H15NO/c1-14-13-15(19(2,3)4)5-8-18(14)21-17-9-11-20(12-10-17)16-6-7-16;1-17(2,3)14-8-13(9-15(10-14)18(19,20)21)11-23-7-6-16(12-23)22(4)5;1-18(2,3)16-6-8-17(9-7-16)20-12-10-19(11-13-20)14-15-22(4,5)21;1-14(2,3)12-6-11(7-13(15)8-12)9-17-5-4-16-10-17;1-14(2,3)11-4-6-12(7-5-11)16-9-8-15-10-13(16)17;1-11(2,3)9-6-4-5-8(7-9)10-12-14-15-13-10;1-11(2,3)9-6-4-5-8(7-9)10(12)13/h5,8,13,16-17H,6-7,9-12H2,1-4H3;8-10,16H,6-7,11-12H2,1-5H3;6-9H,10-15H2,1-5H3;4-8,10H,9H2,1-3H3;4-7,15H,8-10H2,1-3H3;4-7H,1-3H3,(H,12,13,14,15);4-7H,1-3H3,(H2,12,13)/t;16-;;;;;/m.1...../s1. The molecule has 0 bridgehead atoms. The van der Waals surface area contributed by atoms with Crippen LogP contribution in [0.15, 0.2) is 170 Å². The fraction of sp³-hybridized carbons (Fsp3) is 0.543. The maximum absolute atomic E-state index is 13.6. The molecule has 0 spiro atoms. The Balaban J connectivity index is 0.000000186. The van der Waals surface area contributed by atoms with Gasteiger partial charge < -0.3 is 44.5 Å². The van der Waals surface area contributed by atoms with E-state index in [0.717, 1.165) is 122 Å². The molecule has 2 aromatic heterocycles. The van der Waals surface area contributed by atoms with Crippen LogP contribution in [0.3, 0.4) is 0 Å². The number of likely N-dealkylation sites (N-methyl/N-ethyl adjacent to an activating group) is 1. The molecule has 2 amide bonds. The Bertz CT molecular complexity index is 4950. The summed E-state index contributed by atoms with van der Waals surface area (Å²) >= 11 is 0. The average molecular weight is 1780 g/mol. The van der Waals surface area contributed by atoms with E-state index in [0.29, 0.717) is 43.2 Å². The van der Waals surface area contributed by atoms with E-state index < -0.39 is 18.9 Å². The van der Waals surface area contributed by atoms with Crippen molar-refractivity contribution >= 4 is 30.3 Å². The summed E-state index contributed by atoms with van der Waals surface area (Å²) in [4.78, 5) is 40.5. The zero-order valence-corrected chi connectivity index (χ0v) is 83.0. The number of halogens is 4. The number of primary amides is 1. The van der Waals surface area contributed by atoms with Crippen molar-refractivity contribution in [1.29, 1.82) is 0 Å². The van der Waals surface area contributed by atoms with E-state index in [9.17, 15) is 31.7 Å². The van der Waals surface area contributed by atoms with E-state index in [1.807, 2.05) is 98.3 Å². The summed E-state index contributed by atoms with van der Waals surface area (Å²) in [5.74, 6) is 1.33. The Morgan fingerprint density at radius 2 is 1.08 bits per heavy atom. The third-order valence-corrected chi connectivity index (χ3v) is 25.4. The number of amides is 2. The van der Waals surface area contributed by atoms with Crippen molar-refractivity contribution in [2.45, 2.75) is 260 Å². The number of ether oxygens (including phenoxy) is 1. The van der Waals surface area contributed by atoms with Gasteiger partial charge >= 0.3 is 6.18 Å². The highest BCUT2D eigenvalue weighted by Crippen LogP contribution is 2.39. The molecule has 6 heterocycles. The topological polar surface area (TPSA) is 190 Å². The summed E-state index contributed by atoms with van der Waals surface area (Å²) in [5.41, 5.74) is 20.2. The number of likely N-dealkylation sites (tertiary alicyclic amines) is 2. The Morgan fingerprint density at radius 1 is 0.555 bits per heavy atom. The highest BCUT2D eigenvalue weighted by molar-refractivity contribution is 7.62. The smallest absolute Gasteiger partial charge is 0.416 e. The molecule has 14 rings (SSSR count). The molecule has 7 aromatic carbocycles. The number of benzene rings is 7. The van der Waals surface area contributed by atoms with Crippen molar-refractivity contribution in [1.82, 2.24) is 55.1 Å². The summed E-state index contributed by atoms with van der Waals surface area (Å²) in [6.45, 7) is 63.8. The van der Waals surface area contributed by atoms with E-state index in [1.54, 1.807) is 30.7 Å². The van der Waals surface area contributed by atoms with Gasteiger partial charge in [-0.05, 0) is 238 Å². The lowest BCUT2D eigenvalue weighted by molar-refractivity contribution is -0.137. The first-order chi connectivity index (χ1) is 59.5. The molecular formula is C105H153F4N14O4P. The van der Waals surface area contributed by atoms with Crippen LogP contribution in [0.5, 0.6) is 5.75 Å². The lowest BCUT2D eigenvalue weighted by Crippen LogP contribution is -2.48. The Morgan fingerprint density at radius 3 is 1.56 bits per heavy atom. The number of aryl methyl sites for hydroxylation is 1. The van der Waals surface area contributed by atoms with Crippen molar-refractivity contribution in [3.63, 3.8) is 0 Å². The number of piperazine rings is 2. The van der Waals surface area contributed by atoms with Crippen LogP contribution >= 0.6 is 7.14 Å². The number of hydrogen-bond acceptors (Lipinski definition) is 14. The fourth-order valence-corrected chi connectivity index (χ4v) is 16.1. The molecule has 1 aliphatic carbocycles. The van der Waals surface area contributed by atoms with Crippen LogP contribution in [0.2, 0.25) is 0 Å². The summed E-state index contributed by atoms with van der Waals surface area (Å²) in [6.07, 6.45) is 8.54. The molecule has 23 heteroatoms. The van der Waals surface area contributed by atoms with Crippen LogP contribution in [0, 0.1) is 12.7 Å². The predicted molar refractivity (Wildman–Crippen MR) is 523 cm³/mol. The molecule has 18 nitrogen and oxygen atoms in total. The Kier molecular flexibility index (Phi) is 36.6. The summed E-state index contributed by atoms with van der Waals surface area (Å²) in [5, 5.41) is 17.0. The van der Waals surface area contributed by atoms with Crippen LogP contribution in [0.25, 0.3) is 11.4 Å². The van der Waals surface area contributed by atoms with Gasteiger partial charge in [0.2, 0.25) is 17.6 Å². The minimum atomic E-state index is -4.30. The van der Waals surface area contributed by atoms with E-state index >= 15 is 0 Å². The van der Waals surface area contributed by atoms with Crippen molar-refractivity contribution in [2.24, 2.45) is 5.73 Å². The van der Waals surface area contributed by atoms with Gasteiger partial charge in [0.15, 0.2) is 0 Å². The van der Waals surface area contributed by atoms with Gasteiger partial charge in [-0.1, -0.05) is 224 Å². The minimum absolute atomic E-state index is 0.0359. The summed E-state index contributed by atoms with van der Waals surface area (Å²) in [6, 6.07) is 50.9. The highest BCUT2D eigenvalue weighted by atomic mass is 31.2. The van der Waals surface area contributed by atoms with Gasteiger partial charge in [-0.25, -0.2) is 9.37 Å². The molecule has 9 aromatic rings. The third kappa shape index (κ3) is 34.1. The van der Waals surface area contributed by atoms with Gasteiger partial charge in [0.25, 0.3) is 0 Å². The van der Waals surface area contributed by atoms with Gasteiger partial charge in [-0.15, -0.1) is 10.2 Å². The first kappa shape index (κ1) is 104. The van der Waals surface area contributed by atoms with Crippen molar-refractivity contribution < 1.29 is 36.5 Å². The predicted octanol–water partition coefficient (Wildman–Crippen LogP) is 21.7. The molecule has 1 saturated carbocycles. The van der Waals surface area contributed by atoms with Gasteiger partial charge in [0.1, 0.15) is 17.7 Å². The van der Waals surface area contributed by atoms with E-state index in [-0.39, 0.29) is 55.5 Å². The van der Waals surface area contributed by atoms with Crippen molar-refractivity contribution in [3.8, 4) is 17.1 Å². The van der Waals surface area contributed by atoms with Crippen LogP contribution < -0.4 is 25.6 Å². The second-order valence-corrected chi connectivity index (χ2v) is 46.8. The first-order valence-corrected chi connectivity index (χ1v) is 48.6. The van der Waals surface area contributed by atoms with Gasteiger partial charge in [0, 0.05) is 138 Å². The normalized spacial score (nSPS) is 16.6.